The van der Waals surface area contributed by atoms with Gasteiger partial charge in [0.2, 0.25) is 0 Å². The Morgan fingerprint density at radius 2 is 1.55 bits per heavy atom. The molecule has 0 unspecified atom stereocenters. The summed E-state index contributed by atoms with van der Waals surface area (Å²) in [6.45, 7) is 6.36. The molecule has 2 nitrogen and oxygen atoms in total. The number of nitrogens with zero attached hydrogens (tertiary/aromatic N) is 1. The Hall–Kier alpha value is 1.43. The zero-order valence-corrected chi connectivity index (χ0v) is 11.7. The van der Waals surface area contributed by atoms with E-state index in [1.54, 1.807) is 7.11 Å². The van der Waals surface area contributed by atoms with E-state index in [9.17, 15) is 0 Å². The summed E-state index contributed by atoms with van der Waals surface area (Å²) in [5.41, 5.74) is 0. The van der Waals surface area contributed by atoms with Gasteiger partial charge in [-0.1, -0.05) is 19.6 Å². The van der Waals surface area contributed by atoms with Crippen LogP contribution in [0.4, 0.5) is 0 Å². The number of hydrogen-bond donors (Lipinski definition) is 0. The van der Waals surface area contributed by atoms with E-state index in [1.807, 2.05) is 0 Å². The van der Waals surface area contributed by atoms with Gasteiger partial charge in [-0.3, -0.25) is 0 Å². The number of hydrogen-bond acceptors (Lipinski definition) is 1. The van der Waals surface area contributed by atoms with Gasteiger partial charge in [0.25, 0.3) is 0 Å². The summed E-state index contributed by atoms with van der Waals surface area (Å²) in [4.78, 5) is 4.59. The van der Waals surface area contributed by atoms with Gasteiger partial charge >= 0.3 is 35.6 Å². The normalized spacial score (nSPS) is 8.91. The monoisotopic (exact) mass is 251 g/mol. The first kappa shape index (κ1) is 18.3. The molecular weight excluding hydrogens is 237 g/mol. The van der Waals surface area contributed by atoms with Gasteiger partial charge in [-0.15, -0.1) is 0 Å². The molecule has 0 aromatic heterocycles. The molecule has 0 aromatic rings. The number of halogens is 2. The van der Waals surface area contributed by atoms with Crippen LogP contribution in [-0.4, -0.2) is 15.3 Å². The summed E-state index contributed by atoms with van der Waals surface area (Å²) in [6.07, 6.45) is 0. The van der Waals surface area contributed by atoms with Crippen LogP contribution in [0.1, 0.15) is 0 Å². The molecule has 70 valence electrons. The molecule has 0 atom stereocenters. The van der Waals surface area contributed by atoms with Crippen molar-refractivity contribution in [2.75, 3.05) is 7.11 Å². The second kappa shape index (κ2) is 11.4. The first-order valence-corrected chi connectivity index (χ1v) is 10.4. The third-order valence-corrected chi connectivity index (χ3v) is 1.10. The molecule has 0 bridgehead atoms. The summed E-state index contributed by atoms with van der Waals surface area (Å²) in [5.74, 6) is 0. The van der Waals surface area contributed by atoms with Crippen molar-refractivity contribution in [2.24, 2.45) is 0 Å². The van der Waals surface area contributed by atoms with Crippen molar-refractivity contribution in [3.8, 4) is 0 Å². The Morgan fingerprint density at radius 3 is 1.55 bits per heavy atom. The predicted molar refractivity (Wildman–Crippen MR) is 51.8 cm³/mol. The van der Waals surface area contributed by atoms with Crippen LogP contribution in [0.25, 0.3) is 5.15 Å². The molecule has 0 saturated heterocycles. The Morgan fingerprint density at radius 1 is 1.27 bits per heavy atom. The summed E-state index contributed by atoms with van der Waals surface area (Å²) < 4.78 is 0. The van der Waals surface area contributed by atoms with Crippen LogP contribution in [-0.2, 0) is 21.9 Å². The third-order valence-electron chi connectivity index (χ3n) is 0.365. The van der Waals surface area contributed by atoms with Crippen LogP contribution in [0.5, 0.6) is 0 Å². The van der Waals surface area contributed by atoms with E-state index in [-0.39, 0.29) is 7.43 Å². The van der Waals surface area contributed by atoms with Crippen LogP contribution < -0.4 is 0 Å². The van der Waals surface area contributed by atoms with E-state index in [0.29, 0.717) is 0 Å². The molecule has 0 aliphatic rings. The maximum absolute atomic E-state index is 4.89. The fraction of sp³-hybridized carbons (Fsp3) is 0.800. The average molecular weight is 252 g/mol. The SMILES string of the molecule is CO[N-][Si](C)(C)C.[CH3-].[Cl][Ti][Cl]. The van der Waals surface area contributed by atoms with Gasteiger partial charge in [-0.2, -0.15) is 0 Å². The van der Waals surface area contributed by atoms with Crippen LogP contribution in [0.15, 0.2) is 0 Å². The van der Waals surface area contributed by atoms with Crippen LogP contribution >= 0.6 is 18.6 Å². The Kier molecular flexibility index (Phi) is 19.0. The second-order valence-corrected chi connectivity index (χ2v) is 9.62. The molecule has 0 fully saturated rings. The van der Waals surface area contributed by atoms with E-state index in [1.165, 1.54) is 0 Å². The van der Waals surface area contributed by atoms with E-state index in [4.69, 9.17) is 18.6 Å². The maximum atomic E-state index is 4.89. The topological polar surface area (TPSA) is 23.3 Å². The second-order valence-electron chi connectivity index (χ2n) is 2.52. The van der Waals surface area contributed by atoms with Crippen molar-refractivity contribution in [3.63, 3.8) is 0 Å². The average Bonchev–Trinajstić information content (AvgIpc) is 1.63. The van der Waals surface area contributed by atoms with E-state index in [0.717, 1.165) is 0 Å². The third kappa shape index (κ3) is 34.5. The molecule has 6 heteroatoms. The minimum absolute atomic E-state index is 0. The van der Waals surface area contributed by atoms with Gasteiger partial charge in [-0.25, -0.2) is 0 Å². The quantitative estimate of drug-likeness (QED) is 0.418. The van der Waals surface area contributed by atoms with Crippen LogP contribution in [0.3, 0.4) is 0 Å². The van der Waals surface area contributed by atoms with Gasteiger partial charge in [0.05, 0.1) is 0 Å². The molecule has 0 heterocycles. The molecule has 0 aromatic carbocycles. The Balaban J connectivity index is -0.000000140. The molecule has 0 rings (SSSR count). The van der Waals surface area contributed by atoms with E-state index in [2.05, 4.69) is 29.6 Å². The van der Waals surface area contributed by atoms with Crippen molar-refractivity contribution in [1.29, 1.82) is 0 Å². The Labute approximate surface area is 87.7 Å². The minimum atomic E-state index is -1.25. The summed E-state index contributed by atoms with van der Waals surface area (Å²) in [5, 5.41) is 3.90. The molecule has 0 aliphatic carbocycles. The zero-order valence-electron chi connectivity index (χ0n) is 7.61. The van der Waals surface area contributed by atoms with E-state index >= 15 is 0 Å². The molecule has 0 spiro atoms. The van der Waals surface area contributed by atoms with Gasteiger partial charge in [0, 0.05) is 7.11 Å². The molecule has 0 aliphatic heterocycles. The zero-order chi connectivity index (χ0) is 8.62. The van der Waals surface area contributed by atoms with Crippen molar-refractivity contribution >= 4 is 26.8 Å². The van der Waals surface area contributed by atoms with Crippen LogP contribution in [0.2, 0.25) is 19.6 Å². The first-order valence-electron chi connectivity index (χ1n) is 2.69. The van der Waals surface area contributed by atoms with Gasteiger partial charge in [0.15, 0.2) is 0 Å². The summed E-state index contributed by atoms with van der Waals surface area (Å²) in [6, 6.07) is 0. The van der Waals surface area contributed by atoms with Crippen molar-refractivity contribution in [2.45, 2.75) is 19.6 Å². The van der Waals surface area contributed by atoms with Gasteiger partial charge in [-0.05, 0) is 8.24 Å². The summed E-state index contributed by atoms with van der Waals surface area (Å²) in [7, 11) is 10.1. The molecule has 0 saturated carbocycles. The predicted octanol–water partition coefficient (Wildman–Crippen LogP) is 3.58. The molecule has 11 heavy (non-hydrogen) atoms. The van der Waals surface area contributed by atoms with Crippen molar-refractivity contribution in [1.82, 2.24) is 0 Å². The Bertz CT molecular complexity index is 72.0. The fourth-order valence-electron chi connectivity index (χ4n) is 0.274. The van der Waals surface area contributed by atoms with Crippen LogP contribution in [0, 0.1) is 7.43 Å². The van der Waals surface area contributed by atoms with Gasteiger partial charge < -0.3 is 17.4 Å². The van der Waals surface area contributed by atoms with Crippen molar-refractivity contribution in [3.05, 3.63) is 12.6 Å². The molecular formula is C5H15Cl2NOSiTi-2. The van der Waals surface area contributed by atoms with Crippen molar-refractivity contribution < 1.29 is 21.9 Å². The number of rotatable bonds is 2. The first-order chi connectivity index (χ1) is 4.47. The molecule has 0 amide bonds. The summed E-state index contributed by atoms with van der Waals surface area (Å²) >= 11 is -0.556. The standard InChI is InChI=1S/C4H12NOSi.CH3.2ClH.Ti/c1-6-5-7(2,3)4;;;;/h1-4H3;1H3;2*1H;/q2*-1;;;+2/p-2. The van der Waals surface area contributed by atoms with Gasteiger partial charge in [0.1, 0.15) is 0 Å². The molecule has 0 radical (unpaired) electrons. The molecule has 0 N–H and O–H groups in total. The van der Waals surface area contributed by atoms with E-state index < -0.39 is 25.3 Å². The fourth-order valence-corrected chi connectivity index (χ4v) is 0.822.